The zero-order valence-corrected chi connectivity index (χ0v) is 13.0. The van der Waals surface area contributed by atoms with Crippen LogP contribution in [0.15, 0.2) is 18.2 Å². The van der Waals surface area contributed by atoms with Crippen LogP contribution in [0.1, 0.15) is 24.8 Å². The lowest BCUT2D eigenvalue weighted by Gasteiger charge is -2.45. The Kier molecular flexibility index (Phi) is 4.49. The number of hydrogen-bond donors (Lipinski definition) is 1. The van der Waals surface area contributed by atoms with Crippen LogP contribution in [0.25, 0.3) is 0 Å². The van der Waals surface area contributed by atoms with E-state index in [0.717, 1.165) is 30.7 Å². The van der Waals surface area contributed by atoms with Crippen LogP contribution in [0, 0.1) is 0 Å². The van der Waals surface area contributed by atoms with Gasteiger partial charge in [-0.25, -0.2) is 0 Å². The van der Waals surface area contributed by atoms with Crippen molar-refractivity contribution in [3.63, 3.8) is 0 Å². The molecule has 20 heavy (non-hydrogen) atoms. The zero-order valence-electron chi connectivity index (χ0n) is 12.2. The molecule has 2 heterocycles. The number of nitrogens with one attached hydrogen (secondary N) is 1. The minimum Gasteiger partial charge on any atom is -0.367 e. The molecular formula is C16H24ClN3. The summed E-state index contributed by atoms with van der Waals surface area (Å²) in [7, 11) is 1.99. The molecule has 0 radical (unpaired) electrons. The SMILES string of the molecule is CNCc1cccc(Cl)c1N1CCN2CCCCC2C1. The molecule has 0 bridgehead atoms. The number of anilines is 1. The van der Waals surface area contributed by atoms with Gasteiger partial charge in [-0.05, 0) is 38.1 Å². The van der Waals surface area contributed by atoms with Crippen LogP contribution in [0.2, 0.25) is 5.02 Å². The average molecular weight is 294 g/mol. The molecule has 0 aliphatic carbocycles. The van der Waals surface area contributed by atoms with Crippen LogP contribution in [0.3, 0.4) is 0 Å². The molecule has 0 amide bonds. The molecule has 110 valence electrons. The fourth-order valence-corrected chi connectivity index (χ4v) is 3.92. The van der Waals surface area contributed by atoms with Gasteiger partial charge >= 0.3 is 0 Å². The van der Waals surface area contributed by atoms with Crippen molar-refractivity contribution in [3.05, 3.63) is 28.8 Å². The van der Waals surface area contributed by atoms with Crippen LogP contribution >= 0.6 is 11.6 Å². The number of para-hydroxylation sites is 1. The summed E-state index contributed by atoms with van der Waals surface area (Å²) >= 11 is 6.49. The highest BCUT2D eigenvalue weighted by Crippen LogP contribution is 2.33. The number of fused-ring (bicyclic) bond motifs is 1. The zero-order chi connectivity index (χ0) is 13.9. The van der Waals surface area contributed by atoms with Gasteiger partial charge < -0.3 is 10.2 Å². The van der Waals surface area contributed by atoms with Crippen molar-refractivity contribution < 1.29 is 0 Å². The number of nitrogens with zero attached hydrogens (tertiary/aromatic N) is 2. The van der Waals surface area contributed by atoms with E-state index >= 15 is 0 Å². The van der Waals surface area contributed by atoms with Crippen molar-refractivity contribution in [1.29, 1.82) is 0 Å². The number of hydrogen-bond acceptors (Lipinski definition) is 3. The molecular weight excluding hydrogens is 270 g/mol. The van der Waals surface area contributed by atoms with Gasteiger partial charge in [0.15, 0.2) is 0 Å². The molecule has 0 spiro atoms. The smallest absolute Gasteiger partial charge is 0.0642 e. The molecule has 2 saturated heterocycles. The average Bonchev–Trinajstić information content (AvgIpc) is 2.47. The fourth-order valence-electron chi connectivity index (χ4n) is 3.61. The van der Waals surface area contributed by atoms with E-state index in [1.54, 1.807) is 0 Å². The highest BCUT2D eigenvalue weighted by molar-refractivity contribution is 6.33. The van der Waals surface area contributed by atoms with Gasteiger partial charge in [0.25, 0.3) is 0 Å². The molecule has 1 N–H and O–H groups in total. The van der Waals surface area contributed by atoms with E-state index in [1.165, 1.54) is 43.6 Å². The third-order valence-electron chi connectivity index (χ3n) is 4.59. The molecule has 0 aromatic heterocycles. The van der Waals surface area contributed by atoms with Crippen molar-refractivity contribution in [3.8, 4) is 0 Å². The summed E-state index contributed by atoms with van der Waals surface area (Å²) in [6, 6.07) is 6.97. The standard InChI is InChI=1S/C16H24ClN3/c1-18-11-13-5-4-7-15(17)16(13)20-10-9-19-8-3-2-6-14(19)12-20/h4-5,7,14,18H,2-3,6,8-12H2,1H3. The molecule has 1 atom stereocenters. The number of piperidine rings is 1. The highest BCUT2D eigenvalue weighted by atomic mass is 35.5. The largest absolute Gasteiger partial charge is 0.367 e. The van der Waals surface area contributed by atoms with E-state index < -0.39 is 0 Å². The van der Waals surface area contributed by atoms with E-state index in [0.29, 0.717) is 0 Å². The highest BCUT2D eigenvalue weighted by Gasteiger charge is 2.30. The van der Waals surface area contributed by atoms with Gasteiger partial charge in [-0.3, -0.25) is 4.90 Å². The molecule has 2 aliphatic rings. The lowest BCUT2D eigenvalue weighted by atomic mass is 9.98. The topological polar surface area (TPSA) is 18.5 Å². The number of piperazine rings is 1. The number of halogens is 1. The van der Waals surface area contributed by atoms with Crippen LogP contribution in [-0.4, -0.2) is 44.2 Å². The Morgan fingerprint density at radius 3 is 3.00 bits per heavy atom. The summed E-state index contributed by atoms with van der Waals surface area (Å²) < 4.78 is 0. The van der Waals surface area contributed by atoms with E-state index in [2.05, 4.69) is 27.2 Å². The minimum atomic E-state index is 0.719. The Morgan fingerprint density at radius 2 is 2.15 bits per heavy atom. The first-order valence-corrected chi connectivity index (χ1v) is 8.08. The second-order valence-corrected chi connectivity index (χ2v) is 6.32. The first-order valence-electron chi connectivity index (χ1n) is 7.70. The third-order valence-corrected chi connectivity index (χ3v) is 4.90. The minimum absolute atomic E-state index is 0.719. The Labute approximate surface area is 126 Å². The van der Waals surface area contributed by atoms with Crippen LogP contribution in [-0.2, 0) is 6.54 Å². The normalized spacial score (nSPS) is 23.7. The van der Waals surface area contributed by atoms with Gasteiger partial charge in [0.1, 0.15) is 0 Å². The maximum absolute atomic E-state index is 6.49. The van der Waals surface area contributed by atoms with Crippen molar-refractivity contribution in [2.24, 2.45) is 0 Å². The van der Waals surface area contributed by atoms with Crippen molar-refractivity contribution in [2.45, 2.75) is 31.8 Å². The van der Waals surface area contributed by atoms with E-state index in [4.69, 9.17) is 11.6 Å². The summed E-state index contributed by atoms with van der Waals surface area (Å²) in [6.45, 7) is 5.55. The van der Waals surface area contributed by atoms with Gasteiger partial charge in [0.2, 0.25) is 0 Å². The first-order chi connectivity index (χ1) is 9.79. The van der Waals surface area contributed by atoms with Crippen molar-refractivity contribution >= 4 is 17.3 Å². The number of benzene rings is 1. The lowest BCUT2D eigenvalue weighted by molar-refractivity contribution is 0.133. The summed E-state index contributed by atoms with van der Waals surface area (Å²) in [5.74, 6) is 0. The third kappa shape index (κ3) is 2.80. The molecule has 1 unspecified atom stereocenters. The first kappa shape index (κ1) is 14.2. The van der Waals surface area contributed by atoms with Crippen molar-refractivity contribution in [1.82, 2.24) is 10.2 Å². The van der Waals surface area contributed by atoms with Crippen LogP contribution < -0.4 is 10.2 Å². The maximum atomic E-state index is 6.49. The van der Waals surface area contributed by atoms with E-state index in [1.807, 2.05) is 13.1 Å². The molecule has 0 saturated carbocycles. The van der Waals surface area contributed by atoms with Crippen molar-refractivity contribution in [2.75, 3.05) is 38.1 Å². The Hall–Kier alpha value is -0.770. The van der Waals surface area contributed by atoms with Crippen LogP contribution in [0.4, 0.5) is 5.69 Å². The molecule has 3 rings (SSSR count). The van der Waals surface area contributed by atoms with Gasteiger partial charge in [-0.1, -0.05) is 30.2 Å². The predicted molar refractivity (Wildman–Crippen MR) is 85.6 cm³/mol. The second-order valence-electron chi connectivity index (χ2n) is 5.91. The summed E-state index contributed by atoms with van der Waals surface area (Å²) in [5, 5.41) is 4.14. The summed E-state index contributed by atoms with van der Waals surface area (Å²) in [6.07, 6.45) is 4.08. The molecule has 2 aliphatic heterocycles. The summed E-state index contributed by atoms with van der Waals surface area (Å²) in [4.78, 5) is 5.16. The lowest BCUT2D eigenvalue weighted by Crippen LogP contribution is -2.55. The number of rotatable bonds is 3. The van der Waals surface area contributed by atoms with Gasteiger partial charge in [0, 0.05) is 32.2 Å². The Bertz CT molecular complexity index is 463. The van der Waals surface area contributed by atoms with E-state index in [-0.39, 0.29) is 0 Å². The van der Waals surface area contributed by atoms with Gasteiger partial charge in [-0.15, -0.1) is 0 Å². The fraction of sp³-hybridized carbons (Fsp3) is 0.625. The van der Waals surface area contributed by atoms with Crippen LogP contribution in [0.5, 0.6) is 0 Å². The Balaban J connectivity index is 1.82. The molecule has 1 aromatic carbocycles. The predicted octanol–water partition coefficient (Wildman–Crippen LogP) is 2.73. The quantitative estimate of drug-likeness (QED) is 0.924. The molecule has 4 heteroatoms. The second kappa shape index (κ2) is 6.33. The monoisotopic (exact) mass is 293 g/mol. The molecule has 1 aromatic rings. The van der Waals surface area contributed by atoms with E-state index in [9.17, 15) is 0 Å². The molecule has 3 nitrogen and oxygen atoms in total. The summed E-state index contributed by atoms with van der Waals surface area (Å²) in [5.41, 5.74) is 2.55. The maximum Gasteiger partial charge on any atom is 0.0642 e. The van der Waals surface area contributed by atoms with Gasteiger partial charge in [-0.2, -0.15) is 0 Å². The Morgan fingerprint density at radius 1 is 1.25 bits per heavy atom. The van der Waals surface area contributed by atoms with Gasteiger partial charge in [0.05, 0.1) is 10.7 Å². The molecule has 2 fully saturated rings.